The molecule has 3 aromatic rings. The molecule has 44 heavy (non-hydrogen) atoms. The first-order valence-electron chi connectivity index (χ1n) is 14.5. The Morgan fingerprint density at radius 1 is 0.932 bits per heavy atom. The molecular weight excluding hydrogens is 577 g/mol. The van der Waals surface area contributed by atoms with Gasteiger partial charge < -0.3 is 24.8 Å². The van der Waals surface area contributed by atoms with Gasteiger partial charge in [0.1, 0.15) is 12.6 Å². The molecule has 0 fully saturated rings. The second-order valence-electron chi connectivity index (χ2n) is 11.0. The number of nitrogens with zero attached hydrogens (tertiary/aromatic N) is 1. The lowest BCUT2D eigenvalue weighted by Gasteiger charge is -2.31. The van der Waals surface area contributed by atoms with E-state index < -0.39 is 54.7 Å². The number of aliphatic hydroxyl groups is 1. The fraction of sp³-hybridized carbons (Fsp3) is 0.424. The predicted octanol–water partition coefficient (Wildman–Crippen LogP) is 6.40. The van der Waals surface area contributed by atoms with Crippen LogP contribution in [0.4, 0.5) is 18.0 Å². The number of carbonyl (C=O) groups excluding carboxylic acids is 3. The van der Waals surface area contributed by atoms with Crippen molar-refractivity contribution in [2.24, 2.45) is 5.92 Å². The van der Waals surface area contributed by atoms with Crippen molar-refractivity contribution in [3.05, 3.63) is 83.4 Å². The number of benzene rings is 3. The quantitative estimate of drug-likeness (QED) is 0.170. The highest BCUT2D eigenvalue weighted by Crippen LogP contribution is 2.31. The van der Waals surface area contributed by atoms with Crippen molar-refractivity contribution < 1.29 is 42.1 Å². The number of carbonyl (C=O) groups is 3. The lowest BCUT2D eigenvalue weighted by atomic mass is 9.98. The monoisotopic (exact) mass is 616 g/mol. The van der Waals surface area contributed by atoms with Gasteiger partial charge in [-0.15, -0.1) is 0 Å². The average molecular weight is 617 g/mol. The molecular formula is C33H39F3N2O6. The third-order valence-corrected chi connectivity index (χ3v) is 7.11. The van der Waals surface area contributed by atoms with E-state index in [4.69, 9.17) is 14.6 Å². The highest BCUT2D eigenvalue weighted by Gasteiger charge is 2.31. The molecule has 0 aliphatic rings. The summed E-state index contributed by atoms with van der Waals surface area (Å²) < 4.78 is 50.5. The van der Waals surface area contributed by atoms with Gasteiger partial charge >= 0.3 is 18.2 Å². The second-order valence-corrected chi connectivity index (χ2v) is 11.0. The largest absolute Gasteiger partial charge is 0.424 e. The minimum absolute atomic E-state index is 0.0123. The number of ether oxygens (including phenoxy) is 2. The van der Waals surface area contributed by atoms with Crippen LogP contribution in [0.15, 0.2) is 66.7 Å². The molecule has 0 heterocycles. The van der Waals surface area contributed by atoms with Crippen molar-refractivity contribution in [3.63, 3.8) is 0 Å². The molecule has 0 saturated heterocycles. The Morgan fingerprint density at radius 3 is 2.30 bits per heavy atom. The van der Waals surface area contributed by atoms with E-state index in [0.717, 1.165) is 28.5 Å². The van der Waals surface area contributed by atoms with Gasteiger partial charge in [-0.3, -0.25) is 4.79 Å². The first-order chi connectivity index (χ1) is 20.8. The molecule has 2 N–H and O–H groups in total. The Kier molecular flexibility index (Phi) is 12.2. The van der Waals surface area contributed by atoms with Crippen LogP contribution in [0.3, 0.4) is 0 Å². The van der Waals surface area contributed by atoms with Gasteiger partial charge in [0.25, 0.3) is 0 Å². The summed E-state index contributed by atoms with van der Waals surface area (Å²) in [5.41, 5.74) is 0.582. The number of halogens is 3. The molecule has 3 atom stereocenters. The molecule has 0 spiro atoms. The van der Waals surface area contributed by atoms with Crippen LogP contribution in [0.1, 0.15) is 63.3 Å². The molecule has 11 heteroatoms. The van der Waals surface area contributed by atoms with Crippen molar-refractivity contribution in [3.8, 4) is 0 Å². The zero-order valence-electron chi connectivity index (χ0n) is 25.3. The van der Waals surface area contributed by atoms with Gasteiger partial charge in [0.2, 0.25) is 12.2 Å². The van der Waals surface area contributed by atoms with E-state index in [1.54, 1.807) is 6.07 Å². The maximum absolute atomic E-state index is 13.5. The molecule has 0 saturated carbocycles. The Hall–Kier alpha value is -4.12. The molecule has 1 unspecified atom stereocenters. The van der Waals surface area contributed by atoms with E-state index >= 15 is 0 Å². The summed E-state index contributed by atoms with van der Waals surface area (Å²) >= 11 is 0. The molecule has 0 bridgehead atoms. The van der Waals surface area contributed by atoms with Crippen LogP contribution in [0.25, 0.3) is 10.8 Å². The van der Waals surface area contributed by atoms with Gasteiger partial charge in [0, 0.05) is 13.5 Å². The second kappa shape index (κ2) is 15.6. The standard InChI is InChI=1S/C33H39F3N2O6/c1-21(2)18-29(37-30(40)20-39)31(41)43-23(4)44-32(42)38(17-9-11-24-10-7-14-26(19-24)33(34,35)36)22(3)27-16-8-13-25-12-5-6-15-28(25)27/h5-8,10,12-16,19,21-23,29,39H,9,11,17-18,20H2,1-4H3,(H,37,40)/t22-,23?,29-/m1/s1. The van der Waals surface area contributed by atoms with Gasteiger partial charge in [0.15, 0.2) is 0 Å². The van der Waals surface area contributed by atoms with Crippen molar-refractivity contribution in [1.29, 1.82) is 0 Å². The Bertz CT molecular complexity index is 1420. The van der Waals surface area contributed by atoms with E-state index in [1.165, 1.54) is 17.9 Å². The van der Waals surface area contributed by atoms with Crippen molar-refractivity contribution in [2.45, 2.75) is 71.5 Å². The fourth-order valence-corrected chi connectivity index (χ4v) is 4.99. The summed E-state index contributed by atoms with van der Waals surface area (Å²) in [5, 5.41) is 13.4. The van der Waals surface area contributed by atoms with E-state index in [9.17, 15) is 27.6 Å². The lowest BCUT2D eigenvalue weighted by molar-refractivity contribution is -0.170. The highest BCUT2D eigenvalue weighted by atomic mass is 19.4. The summed E-state index contributed by atoms with van der Waals surface area (Å²) in [6.07, 6.45) is -5.70. The normalized spacial score (nSPS) is 13.7. The van der Waals surface area contributed by atoms with Crippen molar-refractivity contribution in [2.75, 3.05) is 13.2 Å². The molecule has 0 aliphatic carbocycles. The molecule has 238 valence electrons. The number of rotatable bonds is 13. The number of nitrogens with one attached hydrogen (secondary N) is 1. The maximum Gasteiger partial charge on any atom is 0.416 e. The number of esters is 1. The molecule has 3 rings (SSSR count). The van der Waals surface area contributed by atoms with Gasteiger partial charge in [-0.1, -0.05) is 74.5 Å². The predicted molar refractivity (Wildman–Crippen MR) is 159 cm³/mol. The number of aryl methyl sites for hydroxylation is 1. The number of hydrogen-bond acceptors (Lipinski definition) is 6. The van der Waals surface area contributed by atoms with Crippen LogP contribution < -0.4 is 5.32 Å². The van der Waals surface area contributed by atoms with Crippen LogP contribution in [0, 0.1) is 5.92 Å². The first-order valence-corrected chi connectivity index (χ1v) is 14.5. The SMILES string of the molecule is CC(C)C[C@@H](NC(=O)CO)C(=O)OC(C)OC(=O)N(CCCc1cccc(C(F)(F)F)c1)[C@H](C)c1cccc2ccccc12. The Labute approximate surface area is 255 Å². The van der Waals surface area contributed by atoms with E-state index in [1.807, 2.05) is 63.2 Å². The Balaban J connectivity index is 1.79. The lowest BCUT2D eigenvalue weighted by Crippen LogP contribution is -2.45. The summed E-state index contributed by atoms with van der Waals surface area (Å²) in [4.78, 5) is 39.5. The highest BCUT2D eigenvalue weighted by molar-refractivity contribution is 5.87. The zero-order chi connectivity index (χ0) is 32.4. The smallest absolute Gasteiger partial charge is 0.416 e. The zero-order valence-corrected chi connectivity index (χ0v) is 25.3. The van der Waals surface area contributed by atoms with Gasteiger partial charge in [-0.25, -0.2) is 9.59 Å². The molecule has 0 radical (unpaired) electrons. The summed E-state index contributed by atoms with van der Waals surface area (Å²) in [6.45, 7) is 6.24. The fourth-order valence-electron chi connectivity index (χ4n) is 4.99. The topological polar surface area (TPSA) is 105 Å². The molecule has 2 amide bonds. The van der Waals surface area contributed by atoms with Crippen molar-refractivity contribution >= 4 is 28.7 Å². The third kappa shape index (κ3) is 9.70. The number of alkyl halides is 3. The average Bonchev–Trinajstić information content (AvgIpc) is 2.97. The summed E-state index contributed by atoms with van der Waals surface area (Å²) in [7, 11) is 0. The number of fused-ring (bicyclic) bond motifs is 1. The van der Waals surface area contributed by atoms with E-state index in [2.05, 4.69) is 5.32 Å². The molecule has 8 nitrogen and oxygen atoms in total. The number of amides is 2. The van der Waals surface area contributed by atoms with Crippen LogP contribution in [-0.4, -0.2) is 53.5 Å². The van der Waals surface area contributed by atoms with Crippen LogP contribution in [0.5, 0.6) is 0 Å². The van der Waals surface area contributed by atoms with E-state index in [-0.39, 0.29) is 25.3 Å². The van der Waals surface area contributed by atoms with Gasteiger partial charge in [-0.05, 0) is 60.1 Å². The first kappa shape index (κ1) is 34.4. The number of aliphatic hydroxyl groups excluding tert-OH is 1. The van der Waals surface area contributed by atoms with E-state index in [0.29, 0.717) is 12.0 Å². The maximum atomic E-state index is 13.5. The number of hydrogen-bond donors (Lipinski definition) is 2. The van der Waals surface area contributed by atoms with Crippen molar-refractivity contribution in [1.82, 2.24) is 10.2 Å². The summed E-state index contributed by atoms with van der Waals surface area (Å²) in [5.74, 6) is -1.55. The minimum atomic E-state index is -4.46. The van der Waals surface area contributed by atoms with Crippen LogP contribution in [0.2, 0.25) is 0 Å². The molecule has 0 aliphatic heterocycles. The van der Waals surface area contributed by atoms with Crippen LogP contribution in [-0.2, 0) is 31.7 Å². The van der Waals surface area contributed by atoms with Gasteiger partial charge in [-0.2, -0.15) is 13.2 Å². The minimum Gasteiger partial charge on any atom is -0.424 e. The molecule has 3 aromatic carbocycles. The molecule has 0 aromatic heterocycles. The Morgan fingerprint density at radius 2 is 1.61 bits per heavy atom. The summed E-state index contributed by atoms with van der Waals surface area (Å²) in [6, 6.07) is 16.9. The third-order valence-electron chi connectivity index (χ3n) is 7.11. The van der Waals surface area contributed by atoms with Gasteiger partial charge in [0.05, 0.1) is 11.6 Å². The van der Waals surface area contributed by atoms with Crippen LogP contribution >= 0.6 is 0 Å².